The van der Waals surface area contributed by atoms with Crippen molar-refractivity contribution in [2.75, 3.05) is 42.4 Å². The molecule has 3 aromatic carbocycles. The Balaban J connectivity index is 1.47. The number of hydrogen-bond donors (Lipinski definition) is 5. The normalized spacial score (nSPS) is 10.6. The van der Waals surface area contributed by atoms with Gasteiger partial charge in [-0.1, -0.05) is 12.1 Å². The first-order chi connectivity index (χ1) is 23.4. The third-order valence-corrected chi connectivity index (χ3v) is 6.92. The van der Waals surface area contributed by atoms with Crippen LogP contribution in [0.4, 0.5) is 32.5 Å². The van der Waals surface area contributed by atoms with Crippen molar-refractivity contribution in [2.24, 2.45) is 0 Å². The van der Waals surface area contributed by atoms with E-state index in [1.807, 2.05) is 13.8 Å². The number of carbonyl (C=O) groups is 3. The van der Waals surface area contributed by atoms with Crippen molar-refractivity contribution in [3.8, 4) is 22.8 Å². The Morgan fingerprint density at radius 2 is 1.67 bits per heavy atom. The van der Waals surface area contributed by atoms with Crippen LogP contribution in [0.3, 0.4) is 0 Å². The van der Waals surface area contributed by atoms with E-state index in [2.05, 4.69) is 20.9 Å². The molecule has 1 aromatic heterocycles. The largest absolute Gasteiger partial charge is 0.508 e. The number of benzene rings is 3. The Bertz CT molecular complexity index is 1830. The van der Waals surface area contributed by atoms with Crippen LogP contribution in [0.1, 0.15) is 19.4 Å². The second-order valence-corrected chi connectivity index (χ2v) is 10.9. The van der Waals surface area contributed by atoms with Crippen LogP contribution in [0.25, 0.3) is 11.3 Å². The second kappa shape index (κ2) is 15.9. The maximum Gasteiger partial charge on any atom is 0.441 e. The van der Waals surface area contributed by atoms with Crippen molar-refractivity contribution in [3.05, 3.63) is 88.8 Å². The van der Waals surface area contributed by atoms with Crippen molar-refractivity contribution in [1.82, 2.24) is 20.2 Å². The molecule has 4 rings (SSSR count). The molecule has 0 radical (unpaired) electrons. The second-order valence-electron chi connectivity index (χ2n) is 10.9. The van der Waals surface area contributed by atoms with Gasteiger partial charge in [-0.25, -0.2) is 14.6 Å². The van der Waals surface area contributed by atoms with E-state index >= 15 is 0 Å². The van der Waals surface area contributed by atoms with Crippen LogP contribution in [0.2, 0.25) is 0 Å². The molecule has 16 heteroatoms. The molecule has 0 spiro atoms. The van der Waals surface area contributed by atoms with Gasteiger partial charge in [0.2, 0.25) is 5.91 Å². The summed E-state index contributed by atoms with van der Waals surface area (Å²) in [5, 5.41) is 18.8. The molecular weight excluding hydrogens is 636 g/mol. The number of amides is 3. The summed E-state index contributed by atoms with van der Waals surface area (Å²) in [6.07, 6.45) is -0.306. The summed E-state index contributed by atoms with van der Waals surface area (Å²) < 4.78 is 6.39. The lowest BCUT2D eigenvalue weighted by atomic mass is 10.1. The molecular formula is C33H38N8O8. The standard InChI is InChI=1S/C33H38N8O8/c1-20(2)38-30-31(44)40(28(18-37-30)22-14-23(34)16-26(42)15-22)19-29(43)36-17-21-6-8-25(9-7-21)41(48-32(45)35-3)49-33(46)39(4)24-10-12-27(47-5)13-11-24/h6-16,18,20,42H,17,19,34H2,1-5H3,(H,35,45)(H,36,43)(H,37,38). The number of aromatic hydroxyl groups is 1. The Morgan fingerprint density at radius 3 is 2.29 bits per heavy atom. The highest BCUT2D eigenvalue weighted by molar-refractivity contribution is 5.87. The van der Waals surface area contributed by atoms with Crippen molar-refractivity contribution in [2.45, 2.75) is 33.0 Å². The minimum atomic E-state index is -0.887. The molecule has 1 heterocycles. The lowest BCUT2D eigenvalue weighted by Crippen LogP contribution is -2.38. The van der Waals surface area contributed by atoms with E-state index in [1.54, 1.807) is 42.5 Å². The molecule has 6 N–H and O–H groups in total. The van der Waals surface area contributed by atoms with Gasteiger partial charge in [0.1, 0.15) is 23.7 Å². The lowest BCUT2D eigenvalue weighted by Gasteiger charge is -2.24. The third-order valence-electron chi connectivity index (χ3n) is 6.92. The van der Waals surface area contributed by atoms with Gasteiger partial charge in [0.25, 0.3) is 5.56 Å². The third kappa shape index (κ3) is 9.31. The summed E-state index contributed by atoms with van der Waals surface area (Å²) in [6.45, 7) is 3.41. The Kier molecular flexibility index (Phi) is 11.5. The van der Waals surface area contributed by atoms with Crippen LogP contribution in [0, 0.1) is 0 Å². The Labute approximate surface area is 281 Å². The SMILES string of the molecule is CNC(=O)ON(OC(=O)N(C)c1ccc(OC)cc1)c1ccc(CNC(=O)Cn2c(-c3cc(N)cc(O)c3)cnc(NC(C)C)c2=O)cc1. The summed E-state index contributed by atoms with van der Waals surface area (Å²) in [5.74, 6) is 0.0796. The molecule has 49 heavy (non-hydrogen) atoms. The number of nitrogens with one attached hydrogen (secondary N) is 3. The summed E-state index contributed by atoms with van der Waals surface area (Å²) in [7, 11) is 4.36. The van der Waals surface area contributed by atoms with Crippen LogP contribution in [0.5, 0.6) is 11.5 Å². The summed E-state index contributed by atoms with van der Waals surface area (Å²) in [6, 6.07) is 17.2. The van der Waals surface area contributed by atoms with E-state index < -0.39 is 23.7 Å². The fourth-order valence-corrected chi connectivity index (χ4v) is 4.45. The van der Waals surface area contributed by atoms with Crippen LogP contribution in [-0.4, -0.2) is 60.0 Å². The van der Waals surface area contributed by atoms with Gasteiger partial charge in [-0.2, -0.15) is 0 Å². The van der Waals surface area contributed by atoms with Crippen molar-refractivity contribution in [3.63, 3.8) is 0 Å². The average Bonchev–Trinajstić information content (AvgIpc) is 3.08. The van der Waals surface area contributed by atoms with E-state index in [4.69, 9.17) is 20.1 Å². The zero-order chi connectivity index (χ0) is 35.7. The van der Waals surface area contributed by atoms with Crippen molar-refractivity contribution >= 4 is 41.0 Å². The zero-order valence-corrected chi connectivity index (χ0v) is 27.6. The summed E-state index contributed by atoms with van der Waals surface area (Å²) in [5.41, 5.74) is 7.66. The van der Waals surface area contributed by atoms with Gasteiger partial charge in [-0.05, 0) is 73.2 Å². The number of anilines is 4. The number of ether oxygens (including phenoxy) is 1. The summed E-state index contributed by atoms with van der Waals surface area (Å²) in [4.78, 5) is 67.4. The fraction of sp³-hybridized carbons (Fsp3) is 0.242. The molecule has 258 valence electrons. The van der Waals surface area contributed by atoms with Crippen LogP contribution in [0.15, 0.2) is 77.7 Å². The zero-order valence-electron chi connectivity index (χ0n) is 27.6. The molecule has 0 aliphatic heterocycles. The first-order valence-corrected chi connectivity index (χ1v) is 15.0. The van der Waals surface area contributed by atoms with Crippen LogP contribution >= 0.6 is 0 Å². The number of rotatable bonds is 12. The topological polar surface area (TPSA) is 203 Å². The highest BCUT2D eigenvalue weighted by atomic mass is 17.0. The smallest absolute Gasteiger partial charge is 0.441 e. The van der Waals surface area contributed by atoms with Crippen molar-refractivity contribution < 1.29 is 33.9 Å². The minimum Gasteiger partial charge on any atom is -0.508 e. The molecule has 0 aliphatic carbocycles. The molecule has 0 unspecified atom stereocenters. The van der Waals surface area contributed by atoms with E-state index in [0.717, 1.165) is 0 Å². The van der Waals surface area contributed by atoms with Gasteiger partial charge >= 0.3 is 12.2 Å². The number of phenolic OH excluding ortho intramolecular Hbond substituents is 1. The van der Waals surface area contributed by atoms with E-state index in [9.17, 15) is 24.3 Å². The van der Waals surface area contributed by atoms with Gasteiger partial charge in [0.05, 0.1) is 19.0 Å². The first kappa shape index (κ1) is 35.4. The molecule has 0 bridgehead atoms. The molecule has 0 fully saturated rings. The minimum absolute atomic E-state index is 0.0645. The molecule has 3 amide bonds. The van der Waals surface area contributed by atoms with Gasteiger partial charge in [0.15, 0.2) is 5.82 Å². The quantitative estimate of drug-likeness (QED) is 0.108. The Hall–Kier alpha value is -6.45. The number of methoxy groups -OCH3 is 1. The van der Waals surface area contributed by atoms with Gasteiger partial charge < -0.3 is 31.5 Å². The number of nitrogens with two attached hydrogens (primary N) is 1. The first-order valence-electron chi connectivity index (χ1n) is 15.0. The maximum absolute atomic E-state index is 13.4. The van der Waals surface area contributed by atoms with Gasteiger partial charge in [0, 0.05) is 49.7 Å². The lowest BCUT2D eigenvalue weighted by molar-refractivity contribution is -0.121. The van der Waals surface area contributed by atoms with E-state index in [1.165, 1.54) is 61.1 Å². The van der Waals surface area contributed by atoms with Crippen LogP contribution < -0.4 is 42.1 Å². The number of nitrogen functional groups attached to an aromatic ring is 1. The van der Waals surface area contributed by atoms with Gasteiger partial charge in [-0.15, -0.1) is 0 Å². The number of aromatic nitrogens is 2. The fourth-order valence-electron chi connectivity index (χ4n) is 4.45. The van der Waals surface area contributed by atoms with Gasteiger partial charge in [-0.3, -0.25) is 28.7 Å². The molecule has 4 aromatic rings. The number of carbonyl (C=O) groups excluding carboxylic acids is 3. The average molecular weight is 675 g/mol. The molecule has 0 saturated carbocycles. The molecule has 0 atom stereocenters. The highest BCUT2D eigenvalue weighted by Gasteiger charge is 2.22. The molecule has 16 nitrogen and oxygen atoms in total. The van der Waals surface area contributed by atoms with E-state index in [0.29, 0.717) is 27.8 Å². The number of nitrogens with zero attached hydrogens (tertiary/aromatic N) is 4. The van der Waals surface area contributed by atoms with Crippen molar-refractivity contribution in [1.29, 1.82) is 0 Å². The Morgan fingerprint density at radius 1 is 1.00 bits per heavy atom. The maximum atomic E-state index is 13.4. The number of phenols is 1. The molecule has 0 saturated heterocycles. The number of hydrogen-bond acceptors (Lipinski definition) is 12. The predicted molar refractivity (Wildman–Crippen MR) is 183 cm³/mol. The highest BCUT2D eigenvalue weighted by Crippen LogP contribution is 2.26. The summed E-state index contributed by atoms with van der Waals surface area (Å²) >= 11 is 0. The molecule has 0 aliphatic rings. The van der Waals surface area contributed by atoms with E-state index in [-0.39, 0.29) is 47.8 Å². The monoisotopic (exact) mass is 674 g/mol. The van der Waals surface area contributed by atoms with Crippen LogP contribution in [-0.2, 0) is 27.6 Å². The predicted octanol–water partition coefficient (Wildman–Crippen LogP) is 3.61.